The van der Waals surface area contributed by atoms with Crippen LogP contribution in [0.3, 0.4) is 0 Å². The lowest BCUT2D eigenvalue weighted by Crippen LogP contribution is -2.29. The summed E-state index contributed by atoms with van der Waals surface area (Å²) in [6.07, 6.45) is 0. The number of nitrogen functional groups attached to an aromatic ring is 1. The first kappa shape index (κ1) is 13.8. The van der Waals surface area contributed by atoms with E-state index in [0.29, 0.717) is 22.5 Å². The molecule has 0 radical (unpaired) electrons. The average molecular weight is 282 g/mol. The molecule has 0 saturated heterocycles. The maximum Gasteiger partial charge on any atom is 0.263 e. The zero-order valence-electron chi connectivity index (χ0n) is 10.4. The molecule has 1 aromatic heterocycles. The third kappa shape index (κ3) is 2.85. The van der Waals surface area contributed by atoms with Gasteiger partial charge in [-0.3, -0.25) is 4.79 Å². The van der Waals surface area contributed by atoms with Gasteiger partial charge in [0.05, 0.1) is 5.69 Å². The van der Waals surface area contributed by atoms with Crippen molar-refractivity contribution in [2.24, 2.45) is 5.92 Å². The minimum absolute atomic E-state index is 0.00733. The number of rotatable bonds is 4. The maximum absolute atomic E-state index is 13.1. The normalized spacial score (nSPS) is 12.6. The van der Waals surface area contributed by atoms with Crippen LogP contribution < -0.4 is 11.1 Å². The Morgan fingerprint density at radius 2 is 2.32 bits per heavy atom. The van der Waals surface area contributed by atoms with Crippen LogP contribution in [-0.4, -0.2) is 24.2 Å². The predicted octanol–water partition coefficient (Wildman–Crippen LogP) is 1.98. The molecule has 0 aliphatic heterocycles. The summed E-state index contributed by atoms with van der Waals surface area (Å²) in [5, 5.41) is 12.2. The van der Waals surface area contributed by atoms with Crippen LogP contribution in [0.4, 0.5) is 10.1 Å². The Bertz CT molecular complexity index is 612. The highest BCUT2D eigenvalue weighted by Crippen LogP contribution is 2.33. The number of anilines is 1. The number of hydrogen-bond donors (Lipinski definition) is 3. The molecule has 0 aliphatic carbocycles. The van der Waals surface area contributed by atoms with E-state index in [1.54, 1.807) is 6.07 Å². The van der Waals surface area contributed by atoms with Crippen molar-refractivity contribution in [3.8, 4) is 0 Å². The van der Waals surface area contributed by atoms with Gasteiger partial charge in [-0.25, -0.2) is 4.39 Å². The van der Waals surface area contributed by atoms with Crippen molar-refractivity contribution in [3.05, 3.63) is 28.9 Å². The maximum atomic E-state index is 13.1. The van der Waals surface area contributed by atoms with Gasteiger partial charge in [0.15, 0.2) is 0 Å². The molecule has 2 aromatic rings. The molecule has 6 heteroatoms. The lowest BCUT2D eigenvalue weighted by molar-refractivity contribution is 0.0947. The van der Waals surface area contributed by atoms with Gasteiger partial charge in [-0.15, -0.1) is 11.3 Å². The number of carbonyl (C=O) groups is 1. The van der Waals surface area contributed by atoms with Gasteiger partial charge in [0, 0.05) is 23.2 Å². The number of carbonyl (C=O) groups excluding carboxylic acids is 1. The van der Waals surface area contributed by atoms with Crippen LogP contribution in [0.1, 0.15) is 16.6 Å². The monoisotopic (exact) mass is 282 g/mol. The number of nitrogens with one attached hydrogen (secondary N) is 1. The first-order chi connectivity index (χ1) is 9.02. The fraction of sp³-hybridized carbons (Fsp3) is 0.308. The summed E-state index contributed by atoms with van der Waals surface area (Å²) in [6.45, 7) is 2.20. The topological polar surface area (TPSA) is 75.3 Å². The van der Waals surface area contributed by atoms with Crippen LogP contribution in [0.5, 0.6) is 0 Å². The second-order valence-corrected chi connectivity index (χ2v) is 5.54. The fourth-order valence-electron chi connectivity index (χ4n) is 1.67. The molecule has 1 heterocycles. The van der Waals surface area contributed by atoms with Gasteiger partial charge in [-0.2, -0.15) is 0 Å². The number of aliphatic hydroxyl groups excluding tert-OH is 1. The van der Waals surface area contributed by atoms with E-state index in [-0.39, 0.29) is 24.2 Å². The predicted molar refractivity (Wildman–Crippen MR) is 74.8 cm³/mol. The van der Waals surface area contributed by atoms with E-state index >= 15 is 0 Å². The molecule has 4 N–H and O–H groups in total. The fourth-order valence-corrected chi connectivity index (χ4v) is 2.69. The van der Waals surface area contributed by atoms with E-state index in [1.165, 1.54) is 23.5 Å². The zero-order chi connectivity index (χ0) is 14.0. The van der Waals surface area contributed by atoms with Crippen LogP contribution in [0.25, 0.3) is 10.1 Å². The van der Waals surface area contributed by atoms with E-state index < -0.39 is 0 Å². The van der Waals surface area contributed by atoms with Gasteiger partial charge >= 0.3 is 0 Å². The molecule has 0 bridgehead atoms. The molecular formula is C13H15FN2O2S. The highest BCUT2D eigenvalue weighted by atomic mass is 32.1. The van der Waals surface area contributed by atoms with Crippen molar-refractivity contribution in [3.63, 3.8) is 0 Å². The van der Waals surface area contributed by atoms with Crippen molar-refractivity contribution in [1.82, 2.24) is 5.32 Å². The molecular weight excluding hydrogens is 267 g/mol. The molecule has 19 heavy (non-hydrogen) atoms. The minimum atomic E-state index is -0.377. The SMILES string of the molecule is CC(CO)CNC(=O)c1sc2ccc(F)cc2c1N. The van der Waals surface area contributed by atoms with Gasteiger partial charge in [-0.1, -0.05) is 6.92 Å². The molecule has 0 aliphatic rings. The quantitative estimate of drug-likeness (QED) is 0.802. The molecule has 4 nitrogen and oxygen atoms in total. The smallest absolute Gasteiger partial charge is 0.263 e. The van der Waals surface area contributed by atoms with E-state index in [1.807, 2.05) is 6.92 Å². The molecule has 1 atom stereocenters. The van der Waals surface area contributed by atoms with Gasteiger partial charge in [0.1, 0.15) is 10.7 Å². The summed E-state index contributed by atoms with van der Waals surface area (Å²) in [4.78, 5) is 12.4. The highest BCUT2D eigenvalue weighted by molar-refractivity contribution is 7.21. The van der Waals surface area contributed by atoms with Crippen LogP contribution >= 0.6 is 11.3 Å². The van der Waals surface area contributed by atoms with E-state index in [0.717, 1.165) is 4.70 Å². The lowest BCUT2D eigenvalue weighted by atomic mass is 10.2. The Morgan fingerprint density at radius 3 is 3.00 bits per heavy atom. The largest absolute Gasteiger partial charge is 0.397 e. The van der Waals surface area contributed by atoms with E-state index in [9.17, 15) is 9.18 Å². The van der Waals surface area contributed by atoms with Gasteiger partial charge in [0.2, 0.25) is 0 Å². The molecule has 102 valence electrons. The summed E-state index contributed by atoms with van der Waals surface area (Å²) in [5.74, 6) is -0.686. The number of benzene rings is 1. The molecule has 1 aromatic carbocycles. The van der Waals surface area contributed by atoms with Crippen LogP contribution in [0, 0.1) is 11.7 Å². The first-order valence-electron chi connectivity index (χ1n) is 5.89. The standard InChI is InChI=1S/C13H15FN2O2S/c1-7(6-17)5-16-13(18)12-11(15)9-4-8(14)2-3-10(9)19-12/h2-4,7,17H,5-6,15H2,1H3,(H,16,18). The minimum Gasteiger partial charge on any atom is -0.397 e. The number of aliphatic hydroxyl groups is 1. The number of nitrogens with two attached hydrogens (primary N) is 1. The van der Waals surface area contributed by atoms with E-state index in [4.69, 9.17) is 10.8 Å². The average Bonchev–Trinajstić information content (AvgIpc) is 2.73. The first-order valence-corrected chi connectivity index (χ1v) is 6.71. The second-order valence-electron chi connectivity index (χ2n) is 4.48. The number of thiophene rings is 1. The van der Waals surface area contributed by atoms with Crippen molar-refractivity contribution >= 4 is 33.0 Å². The van der Waals surface area contributed by atoms with Gasteiger partial charge in [0.25, 0.3) is 5.91 Å². The summed E-state index contributed by atoms with van der Waals surface area (Å²) < 4.78 is 13.9. The van der Waals surface area contributed by atoms with Crippen molar-refractivity contribution in [1.29, 1.82) is 0 Å². The molecule has 0 fully saturated rings. The van der Waals surface area contributed by atoms with Crippen LogP contribution in [-0.2, 0) is 0 Å². The summed E-state index contributed by atoms with van der Waals surface area (Å²) >= 11 is 1.23. The molecule has 1 amide bonds. The molecule has 0 saturated carbocycles. The third-order valence-corrected chi connectivity index (χ3v) is 4.00. The van der Waals surface area contributed by atoms with Crippen molar-refractivity contribution < 1.29 is 14.3 Å². The Labute approximate surface area is 114 Å². The molecule has 0 spiro atoms. The van der Waals surface area contributed by atoms with Crippen molar-refractivity contribution in [2.45, 2.75) is 6.92 Å². The Balaban J connectivity index is 2.25. The van der Waals surface area contributed by atoms with Gasteiger partial charge in [-0.05, 0) is 24.1 Å². The van der Waals surface area contributed by atoms with E-state index in [2.05, 4.69) is 5.32 Å². The third-order valence-electron chi connectivity index (χ3n) is 2.82. The Kier molecular flexibility index (Phi) is 4.01. The number of halogens is 1. The second kappa shape index (κ2) is 5.54. The van der Waals surface area contributed by atoms with Crippen LogP contribution in [0.15, 0.2) is 18.2 Å². The summed E-state index contributed by atoms with van der Waals surface area (Å²) in [5.41, 5.74) is 6.18. The summed E-state index contributed by atoms with van der Waals surface area (Å²) in [7, 11) is 0. The molecule has 1 unspecified atom stereocenters. The molecule has 2 rings (SSSR count). The zero-order valence-corrected chi connectivity index (χ0v) is 11.3. The number of hydrogen-bond acceptors (Lipinski definition) is 4. The van der Waals surface area contributed by atoms with Gasteiger partial charge < -0.3 is 16.2 Å². The Morgan fingerprint density at radius 1 is 1.58 bits per heavy atom. The summed E-state index contributed by atoms with van der Waals surface area (Å²) in [6, 6.07) is 4.28. The highest BCUT2D eigenvalue weighted by Gasteiger charge is 2.17. The number of amides is 1. The number of fused-ring (bicyclic) bond motifs is 1. The van der Waals surface area contributed by atoms with Crippen LogP contribution in [0.2, 0.25) is 0 Å². The lowest BCUT2D eigenvalue weighted by Gasteiger charge is -2.08. The van der Waals surface area contributed by atoms with Crippen molar-refractivity contribution in [2.75, 3.05) is 18.9 Å². The Hall–Kier alpha value is -1.66.